The zero-order valence-corrected chi connectivity index (χ0v) is 11.6. The molecule has 0 saturated carbocycles. The standard InChI is InChI=1S/C15H20ClNO/c1-2-3-15(18)17-14-9-12-5-4-11(6-7-16)8-13(12)10-14/h4-5,8,14H,2-3,6-7,9-10H2,1H3,(H,17,18)/t14-/m0/s1. The van der Waals surface area contributed by atoms with Gasteiger partial charge in [-0.2, -0.15) is 0 Å². The van der Waals surface area contributed by atoms with Gasteiger partial charge in [-0.1, -0.05) is 25.1 Å². The number of carbonyl (C=O) groups is 1. The van der Waals surface area contributed by atoms with E-state index in [-0.39, 0.29) is 11.9 Å². The lowest BCUT2D eigenvalue weighted by Crippen LogP contribution is -2.34. The topological polar surface area (TPSA) is 29.1 Å². The summed E-state index contributed by atoms with van der Waals surface area (Å²) in [5.74, 6) is 0.839. The van der Waals surface area contributed by atoms with Crippen LogP contribution < -0.4 is 5.32 Å². The summed E-state index contributed by atoms with van der Waals surface area (Å²) in [4.78, 5) is 11.6. The molecular formula is C15H20ClNO. The van der Waals surface area contributed by atoms with E-state index in [2.05, 4.69) is 23.5 Å². The Morgan fingerprint density at radius 3 is 2.89 bits per heavy atom. The van der Waals surface area contributed by atoms with Crippen LogP contribution in [0.4, 0.5) is 0 Å². The minimum Gasteiger partial charge on any atom is -0.353 e. The molecule has 1 aromatic rings. The van der Waals surface area contributed by atoms with E-state index >= 15 is 0 Å². The van der Waals surface area contributed by atoms with Gasteiger partial charge in [0.25, 0.3) is 0 Å². The molecule has 1 aromatic carbocycles. The highest BCUT2D eigenvalue weighted by Crippen LogP contribution is 2.24. The van der Waals surface area contributed by atoms with E-state index in [1.165, 1.54) is 16.7 Å². The molecule has 0 heterocycles. The number of alkyl halides is 1. The molecule has 0 aromatic heterocycles. The van der Waals surface area contributed by atoms with Crippen LogP contribution in [0.15, 0.2) is 18.2 Å². The minimum atomic E-state index is 0.177. The molecule has 0 fully saturated rings. The smallest absolute Gasteiger partial charge is 0.220 e. The largest absolute Gasteiger partial charge is 0.353 e. The molecule has 0 unspecified atom stereocenters. The maximum Gasteiger partial charge on any atom is 0.220 e. The van der Waals surface area contributed by atoms with Crippen LogP contribution in [0.1, 0.15) is 36.5 Å². The number of nitrogens with one attached hydrogen (secondary N) is 1. The van der Waals surface area contributed by atoms with Crippen LogP contribution in [0.5, 0.6) is 0 Å². The average molecular weight is 266 g/mol. The molecule has 98 valence electrons. The summed E-state index contributed by atoms with van der Waals surface area (Å²) >= 11 is 5.76. The van der Waals surface area contributed by atoms with Gasteiger partial charge in [0.05, 0.1) is 0 Å². The summed E-state index contributed by atoms with van der Waals surface area (Å²) < 4.78 is 0. The van der Waals surface area contributed by atoms with E-state index in [0.717, 1.165) is 25.7 Å². The van der Waals surface area contributed by atoms with Gasteiger partial charge in [-0.25, -0.2) is 0 Å². The summed E-state index contributed by atoms with van der Waals surface area (Å²) in [5.41, 5.74) is 4.04. The third-order valence-corrected chi connectivity index (χ3v) is 3.62. The Labute approximate surface area is 114 Å². The predicted octanol–water partition coefficient (Wildman–Crippen LogP) is 2.85. The lowest BCUT2D eigenvalue weighted by molar-refractivity contribution is -0.121. The highest BCUT2D eigenvalue weighted by molar-refractivity contribution is 6.17. The SMILES string of the molecule is CCCC(=O)N[C@H]1Cc2ccc(CCCl)cc2C1. The maximum absolute atomic E-state index is 11.6. The number of hydrogen-bond acceptors (Lipinski definition) is 1. The fourth-order valence-electron chi connectivity index (χ4n) is 2.57. The maximum atomic E-state index is 11.6. The van der Waals surface area contributed by atoms with E-state index < -0.39 is 0 Å². The molecule has 1 aliphatic rings. The average Bonchev–Trinajstić information content (AvgIpc) is 2.71. The third kappa shape index (κ3) is 3.26. The van der Waals surface area contributed by atoms with Crippen LogP contribution in [0.3, 0.4) is 0 Å². The summed E-state index contributed by atoms with van der Waals surface area (Å²) in [7, 11) is 0. The van der Waals surface area contributed by atoms with Gasteiger partial charge in [-0.3, -0.25) is 4.79 Å². The van der Waals surface area contributed by atoms with Crippen LogP contribution in [-0.2, 0) is 24.1 Å². The summed E-state index contributed by atoms with van der Waals surface area (Å²) in [5, 5.41) is 3.11. The van der Waals surface area contributed by atoms with Crippen molar-refractivity contribution in [2.45, 2.75) is 45.1 Å². The molecule has 0 radical (unpaired) electrons. The molecule has 0 aliphatic heterocycles. The molecule has 0 spiro atoms. The quantitative estimate of drug-likeness (QED) is 0.815. The van der Waals surface area contributed by atoms with Crippen molar-refractivity contribution in [3.63, 3.8) is 0 Å². The van der Waals surface area contributed by atoms with E-state index in [1.807, 2.05) is 6.92 Å². The molecule has 2 nitrogen and oxygen atoms in total. The molecule has 2 rings (SSSR count). The molecule has 0 bridgehead atoms. The van der Waals surface area contributed by atoms with Crippen LogP contribution in [-0.4, -0.2) is 17.8 Å². The Morgan fingerprint density at radius 2 is 2.17 bits per heavy atom. The third-order valence-electron chi connectivity index (χ3n) is 3.43. The Morgan fingerprint density at radius 1 is 1.39 bits per heavy atom. The molecule has 1 amide bonds. The number of halogens is 1. The predicted molar refractivity (Wildman–Crippen MR) is 75.1 cm³/mol. The number of benzene rings is 1. The fourth-order valence-corrected chi connectivity index (χ4v) is 2.78. The van der Waals surface area contributed by atoms with E-state index in [4.69, 9.17) is 11.6 Å². The fraction of sp³-hybridized carbons (Fsp3) is 0.533. The van der Waals surface area contributed by atoms with Crippen LogP contribution in [0.25, 0.3) is 0 Å². The highest BCUT2D eigenvalue weighted by Gasteiger charge is 2.22. The van der Waals surface area contributed by atoms with Gasteiger partial charge >= 0.3 is 0 Å². The first kappa shape index (κ1) is 13.4. The molecule has 0 saturated heterocycles. The molecule has 3 heteroatoms. The second kappa shape index (κ2) is 6.24. The van der Waals surface area contributed by atoms with Gasteiger partial charge in [0, 0.05) is 18.3 Å². The van der Waals surface area contributed by atoms with Gasteiger partial charge in [-0.15, -0.1) is 11.6 Å². The molecular weight excluding hydrogens is 246 g/mol. The molecule has 1 N–H and O–H groups in total. The number of hydrogen-bond donors (Lipinski definition) is 1. The van der Waals surface area contributed by atoms with E-state index in [1.54, 1.807) is 0 Å². The van der Waals surface area contributed by atoms with Crippen molar-refractivity contribution in [3.8, 4) is 0 Å². The second-order valence-electron chi connectivity index (χ2n) is 4.96. The Hall–Kier alpha value is -1.02. The summed E-state index contributed by atoms with van der Waals surface area (Å²) in [6.45, 7) is 2.03. The number of fused-ring (bicyclic) bond motifs is 1. The lowest BCUT2D eigenvalue weighted by atomic mass is 10.1. The number of carbonyl (C=O) groups excluding carboxylic acids is 1. The molecule has 1 atom stereocenters. The first-order valence-electron chi connectivity index (χ1n) is 6.69. The van der Waals surface area contributed by atoms with Gasteiger partial charge in [0.1, 0.15) is 0 Å². The Bertz CT molecular complexity index is 431. The van der Waals surface area contributed by atoms with Crippen LogP contribution in [0.2, 0.25) is 0 Å². The van der Waals surface area contributed by atoms with Crippen molar-refractivity contribution in [2.75, 3.05) is 5.88 Å². The number of aryl methyl sites for hydroxylation is 1. The molecule has 1 aliphatic carbocycles. The summed E-state index contributed by atoms with van der Waals surface area (Å²) in [6.07, 6.45) is 4.38. The van der Waals surface area contributed by atoms with Crippen molar-refractivity contribution < 1.29 is 4.79 Å². The van der Waals surface area contributed by atoms with Crippen molar-refractivity contribution in [2.24, 2.45) is 0 Å². The lowest BCUT2D eigenvalue weighted by Gasteiger charge is -2.11. The highest BCUT2D eigenvalue weighted by atomic mass is 35.5. The minimum absolute atomic E-state index is 0.177. The van der Waals surface area contributed by atoms with Gasteiger partial charge < -0.3 is 5.32 Å². The van der Waals surface area contributed by atoms with E-state index in [9.17, 15) is 4.79 Å². The van der Waals surface area contributed by atoms with Crippen molar-refractivity contribution in [3.05, 3.63) is 34.9 Å². The Kier molecular flexibility index (Phi) is 4.65. The van der Waals surface area contributed by atoms with Crippen molar-refractivity contribution in [1.82, 2.24) is 5.32 Å². The second-order valence-corrected chi connectivity index (χ2v) is 5.34. The monoisotopic (exact) mass is 265 g/mol. The van der Waals surface area contributed by atoms with Gasteiger partial charge in [0.15, 0.2) is 0 Å². The number of amides is 1. The Balaban J connectivity index is 1.97. The van der Waals surface area contributed by atoms with E-state index in [0.29, 0.717) is 12.3 Å². The van der Waals surface area contributed by atoms with Gasteiger partial charge in [0.2, 0.25) is 5.91 Å². The first-order valence-corrected chi connectivity index (χ1v) is 7.22. The summed E-state index contributed by atoms with van der Waals surface area (Å²) in [6, 6.07) is 6.86. The molecule has 18 heavy (non-hydrogen) atoms. The zero-order chi connectivity index (χ0) is 13.0. The first-order chi connectivity index (χ1) is 8.72. The van der Waals surface area contributed by atoms with Crippen molar-refractivity contribution in [1.29, 1.82) is 0 Å². The van der Waals surface area contributed by atoms with Crippen molar-refractivity contribution >= 4 is 17.5 Å². The number of rotatable bonds is 5. The van der Waals surface area contributed by atoms with Crippen LogP contribution in [0, 0.1) is 0 Å². The van der Waals surface area contributed by atoms with Gasteiger partial charge in [-0.05, 0) is 42.4 Å². The zero-order valence-electron chi connectivity index (χ0n) is 10.8. The normalized spacial score (nSPS) is 17.6. The van der Waals surface area contributed by atoms with Crippen LogP contribution >= 0.6 is 11.6 Å².